The highest BCUT2D eigenvalue weighted by atomic mass is 16.5. The summed E-state index contributed by atoms with van der Waals surface area (Å²) in [6.07, 6.45) is 4.01. The molecule has 0 aliphatic carbocycles. The van der Waals surface area contributed by atoms with Crippen molar-refractivity contribution >= 4 is 16.9 Å². The molecule has 1 aliphatic rings. The lowest BCUT2D eigenvalue weighted by molar-refractivity contribution is -0.135. The maximum atomic E-state index is 12.3. The van der Waals surface area contributed by atoms with Crippen LogP contribution in [0.5, 0.6) is 5.75 Å². The molecule has 0 radical (unpaired) electrons. The lowest BCUT2D eigenvalue weighted by atomic mass is 10.0. The standard InChI is InChI=1S/C20H25NO4/c1-3-5-15-10-20(23)25-18-11-16(7-8-17(15)18)24-13-19(22)21-9-4-6-14(2)12-21/h7-8,10-11,14H,3-6,9,12-13H2,1-2H3. The number of hydrogen-bond donors (Lipinski definition) is 0. The normalized spacial score (nSPS) is 17.7. The Morgan fingerprint density at radius 2 is 2.20 bits per heavy atom. The molecule has 0 spiro atoms. The second kappa shape index (κ2) is 7.72. The molecule has 1 aromatic heterocycles. The van der Waals surface area contributed by atoms with Crippen molar-refractivity contribution in [1.82, 2.24) is 4.90 Å². The van der Waals surface area contributed by atoms with Crippen LogP contribution in [0.4, 0.5) is 0 Å². The van der Waals surface area contributed by atoms with Crippen molar-refractivity contribution in [2.75, 3.05) is 19.7 Å². The van der Waals surface area contributed by atoms with Crippen LogP contribution in [0.3, 0.4) is 0 Å². The van der Waals surface area contributed by atoms with E-state index in [0.717, 1.165) is 43.3 Å². The van der Waals surface area contributed by atoms with Gasteiger partial charge in [-0.05, 0) is 42.9 Å². The fourth-order valence-electron chi connectivity index (χ4n) is 3.43. The molecule has 1 atom stereocenters. The van der Waals surface area contributed by atoms with Crippen LogP contribution < -0.4 is 10.4 Å². The molecule has 2 aromatic rings. The van der Waals surface area contributed by atoms with Gasteiger partial charge in [0.15, 0.2) is 6.61 Å². The van der Waals surface area contributed by atoms with E-state index in [2.05, 4.69) is 13.8 Å². The lowest BCUT2D eigenvalue weighted by Crippen LogP contribution is -2.41. The highest BCUT2D eigenvalue weighted by Gasteiger charge is 2.21. The molecule has 1 fully saturated rings. The summed E-state index contributed by atoms with van der Waals surface area (Å²) in [7, 11) is 0. The van der Waals surface area contributed by atoms with Crippen molar-refractivity contribution < 1.29 is 13.9 Å². The molecular weight excluding hydrogens is 318 g/mol. The van der Waals surface area contributed by atoms with Gasteiger partial charge in [-0.15, -0.1) is 0 Å². The first kappa shape index (κ1) is 17.5. The third kappa shape index (κ3) is 4.21. The Kier molecular flexibility index (Phi) is 5.41. The summed E-state index contributed by atoms with van der Waals surface area (Å²) in [4.78, 5) is 25.9. The van der Waals surface area contributed by atoms with Crippen molar-refractivity contribution in [3.63, 3.8) is 0 Å². The van der Waals surface area contributed by atoms with E-state index in [4.69, 9.17) is 9.15 Å². The molecule has 1 saturated heterocycles. The zero-order valence-electron chi connectivity index (χ0n) is 14.9. The molecule has 134 valence electrons. The number of carbonyl (C=O) groups is 1. The molecule has 5 nitrogen and oxygen atoms in total. The van der Waals surface area contributed by atoms with Gasteiger partial charge in [0, 0.05) is 30.6 Å². The lowest BCUT2D eigenvalue weighted by Gasteiger charge is -2.30. The summed E-state index contributed by atoms with van der Waals surface area (Å²) >= 11 is 0. The Morgan fingerprint density at radius 1 is 1.36 bits per heavy atom. The van der Waals surface area contributed by atoms with Crippen LogP contribution in [0, 0.1) is 5.92 Å². The van der Waals surface area contributed by atoms with Crippen LogP contribution in [0.15, 0.2) is 33.5 Å². The second-order valence-corrected chi connectivity index (χ2v) is 6.87. The molecule has 2 heterocycles. The number of piperidine rings is 1. The fourth-order valence-corrected chi connectivity index (χ4v) is 3.43. The number of ether oxygens (including phenoxy) is 1. The summed E-state index contributed by atoms with van der Waals surface area (Å²) in [5, 5.41) is 0.921. The van der Waals surface area contributed by atoms with Crippen LogP contribution in [0.1, 0.15) is 38.7 Å². The summed E-state index contributed by atoms with van der Waals surface area (Å²) in [5.74, 6) is 1.10. The summed E-state index contributed by atoms with van der Waals surface area (Å²) in [6.45, 7) is 5.86. The van der Waals surface area contributed by atoms with E-state index >= 15 is 0 Å². The molecule has 5 heteroatoms. The SMILES string of the molecule is CCCc1cc(=O)oc2cc(OCC(=O)N3CCCC(C)C3)ccc12. The maximum Gasteiger partial charge on any atom is 0.336 e. The first-order valence-electron chi connectivity index (χ1n) is 9.04. The second-order valence-electron chi connectivity index (χ2n) is 6.87. The van der Waals surface area contributed by atoms with E-state index in [9.17, 15) is 9.59 Å². The van der Waals surface area contributed by atoms with Crippen molar-refractivity contribution in [2.24, 2.45) is 5.92 Å². The highest BCUT2D eigenvalue weighted by molar-refractivity contribution is 5.82. The average molecular weight is 343 g/mol. The van der Waals surface area contributed by atoms with Gasteiger partial charge in [-0.25, -0.2) is 4.79 Å². The first-order valence-corrected chi connectivity index (χ1v) is 9.04. The number of benzene rings is 1. The van der Waals surface area contributed by atoms with Gasteiger partial charge in [0.1, 0.15) is 11.3 Å². The number of aryl methyl sites for hydroxylation is 1. The van der Waals surface area contributed by atoms with E-state index in [-0.39, 0.29) is 18.1 Å². The monoisotopic (exact) mass is 343 g/mol. The Bertz CT molecular complexity index is 811. The van der Waals surface area contributed by atoms with Crippen molar-refractivity contribution in [3.05, 3.63) is 40.2 Å². The third-order valence-electron chi connectivity index (χ3n) is 4.69. The van der Waals surface area contributed by atoms with Crippen molar-refractivity contribution in [3.8, 4) is 5.75 Å². The van der Waals surface area contributed by atoms with Gasteiger partial charge in [0.25, 0.3) is 5.91 Å². The van der Waals surface area contributed by atoms with Gasteiger partial charge in [-0.1, -0.05) is 20.3 Å². The zero-order chi connectivity index (χ0) is 17.8. The Hall–Kier alpha value is -2.30. The summed E-state index contributed by atoms with van der Waals surface area (Å²) in [5.41, 5.74) is 1.14. The van der Waals surface area contributed by atoms with Crippen LogP contribution in [-0.4, -0.2) is 30.5 Å². The van der Waals surface area contributed by atoms with Gasteiger partial charge >= 0.3 is 5.63 Å². The predicted molar refractivity (Wildman–Crippen MR) is 97.0 cm³/mol. The van der Waals surface area contributed by atoms with E-state index in [1.54, 1.807) is 12.1 Å². The van der Waals surface area contributed by atoms with Crippen LogP contribution >= 0.6 is 0 Å². The highest BCUT2D eigenvalue weighted by Crippen LogP contribution is 2.24. The molecule has 0 saturated carbocycles. The number of amides is 1. The smallest absolute Gasteiger partial charge is 0.336 e. The van der Waals surface area contributed by atoms with Crippen LogP contribution in [0.25, 0.3) is 11.0 Å². The van der Waals surface area contributed by atoms with Gasteiger partial charge < -0.3 is 14.1 Å². The van der Waals surface area contributed by atoms with E-state index in [1.807, 2.05) is 17.0 Å². The minimum absolute atomic E-state index is 0.00725. The number of carbonyl (C=O) groups excluding carboxylic acids is 1. The van der Waals surface area contributed by atoms with E-state index < -0.39 is 0 Å². The Morgan fingerprint density at radius 3 is 2.96 bits per heavy atom. The predicted octanol–water partition coefficient (Wildman–Crippen LogP) is 3.38. The number of nitrogens with zero attached hydrogens (tertiary/aromatic N) is 1. The fraction of sp³-hybridized carbons (Fsp3) is 0.500. The quantitative estimate of drug-likeness (QED) is 0.781. The van der Waals surface area contributed by atoms with Gasteiger partial charge in [-0.3, -0.25) is 4.79 Å². The third-order valence-corrected chi connectivity index (χ3v) is 4.69. The van der Waals surface area contributed by atoms with Crippen LogP contribution in [-0.2, 0) is 11.2 Å². The number of hydrogen-bond acceptors (Lipinski definition) is 4. The molecule has 25 heavy (non-hydrogen) atoms. The number of rotatable bonds is 5. The molecule has 1 unspecified atom stereocenters. The molecule has 1 aliphatic heterocycles. The molecular formula is C20H25NO4. The van der Waals surface area contributed by atoms with E-state index in [0.29, 0.717) is 17.3 Å². The maximum absolute atomic E-state index is 12.3. The molecule has 3 rings (SSSR count). The molecule has 0 bridgehead atoms. The van der Waals surface area contributed by atoms with E-state index in [1.165, 1.54) is 6.42 Å². The van der Waals surface area contributed by atoms with Crippen molar-refractivity contribution in [1.29, 1.82) is 0 Å². The van der Waals surface area contributed by atoms with Crippen molar-refractivity contribution in [2.45, 2.75) is 39.5 Å². The largest absolute Gasteiger partial charge is 0.484 e. The zero-order valence-corrected chi connectivity index (χ0v) is 14.9. The number of fused-ring (bicyclic) bond motifs is 1. The minimum atomic E-state index is -0.355. The Labute approximate surface area is 147 Å². The summed E-state index contributed by atoms with van der Waals surface area (Å²) in [6, 6.07) is 6.97. The van der Waals surface area contributed by atoms with Gasteiger partial charge in [0.05, 0.1) is 0 Å². The summed E-state index contributed by atoms with van der Waals surface area (Å²) < 4.78 is 10.9. The van der Waals surface area contributed by atoms with Gasteiger partial charge in [-0.2, -0.15) is 0 Å². The molecule has 1 amide bonds. The van der Waals surface area contributed by atoms with Gasteiger partial charge in [0.2, 0.25) is 0 Å². The molecule has 1 aromatic carbocycles. The number of likely N-dealkylation sites (tertiary alicyclic amines) is 1. The molecule has 0 N–H and O–H groups in total. The van der Waals surface area contributed by atoms with Crippen LogP contribution in [0.2, 0.25) is 0 Å². The topological polar surface area (TPSA) is 59.8 Å². The average Bonchev–Trinajstić information content (AvgIpc) is 2.59. The first-order chi connectivity index (χ1) is 12.1. The Balaban J connectivity index is 1.71. The minimum Gasteiger partial charge on any atom is -0.484 e.